The summed E-state index contributed by atoms with van der Waals surface area (Å²) in [5.41, 5.74) is 1.33. The first-order valence-corrected chi connectivity index (χ1v) is 7.67. The summed E-state index contributed by atoms with van der Waals surface area (Å²) in [5, 5.41) is 24.4. The Hall–Kier alpha value is -1.50. The second-order valence-electron chi connectivity index (χ2n) is 6.64. The molecule has 0 saturated carbocycles. The molecule has 0 amide bonds. The van der Waals surface area contributed by atoms with E-state index in [1.807, 2.05) is 19.9 Å². The SMILES string of the molecule is Cc1ccc([C@H](N2CCNCC2)C(C)(C)CO)cc1[N+](=O)[O-]. The van der Waals surface area contributed by atoms with Crippen molar-refractivity contribution in [2.24, 2.45) is 5.41 Å². The number of benzene rings is 1. The minimum atomic E-state index is -0.375. The smallest absolute Gasteiger partial charge is 0.272 e. The van der Waals surface area contributed by atoms with Crippen molar-refractivity contribution in [3.8, 4) is 0 Å². The third kappa shape index (κ3) is 3.45. The minimum Gasteiger partial charge on any atom is -0.396 e. The number of rotatable bonds is 5. The summed E-state index contributed by atoms with van der Waals surface area (Å²) >= 11 is 0. The van der Waals surface area contributed by atoms with E-state index in [1.54, 1.807) is 19.1 Å². The van der Waals surface area contributed by atoms with Crippen LogP contribution >= 0.6 is 0 Å². The highest BCUT2D eigenvalue weighted by molar-refractivity contribution is 5.43. The molecule has 2 N–H and O–H groups in total. The summed E-state index contributed by atoms with van der Waals surface area (Å²) in [7, 11) is 0. The van der Waals surface area contributed by atoms with Crippen LogP contribution in [0.5, 0.6) is 0 Å². The van der Waals surface area contributed by atoms with E-state index in [0.717, 1.165) is 31.7 Å². The first kappa shape index (κ1) is 16.9. The lowest BCUT2D eigenvalue weighted by Crippen LogP contribution is -2.49. The molecule has 1 aliphatic rings. The van der Waals surface area contributed by atoms with Gasteiger partial charge in [0.2, 0.25) is 0 Å². The molecule has 0 bridgehead atoms. The summed E-state index contributed by atoms with van der Waals surface area (Å²) in [6, 6.07) is 5.38. The number of nitro benzene ring substituents is 1. The van der Waals surface area contributed by atoms with Gasteiger partial charge in [0.05, 0.1) is 4.92 Å². The average molecular weight is 307 g/mol. The van der Waals surface area contributed by atoms with Crippen LogP contribution in [0.2, 0.25) is 0 Å². The lowest BCUT2D eigenvalue weighted by atomic mass is 9.79. The van der Waals surface area contributed by atoms with Gasteiger partial charge in [0, 0.05) is 55.9 Å². The van der Waals surface area contributed by atoms with E-state index in [4.69, 9.17) is 0 Å². The van der Waals surface area contributed by atoms with Crippen molar-refractivity contribution in [1.82, 2.24) is 10.2 Å². The van der Waals surface area contributed by atoms with Crippen LogP contribution in [0.1, 0.15) is 31.0 Å². The Labute approximate surface area is 131 Å². The Bertz CT molecular complexity index is 539. The van der Waals surface area contributed by atoms with E-state index in [9.17, 15) is 15.2 Å². The van der Waals surface area contributed by atoms with Crippen molar-refractivity contribution in [3.05, 3.63) is 39.4 Å². The molecule has 6 nitrogen and oxygen atoms in total. The van der Waals surface area contributed by atoms with E-state index in [-0.39, 0.29) is 28.7 Å². The third-order valence-corrected chi connectivity index (χ3v) is 4.41. The molecule has 1 aromatic carbocycles. The normalized spacial score (nSPS) is 18.2. The summed E-state index contributed by atoms with van der Waals surface area (Å²) in [6.07, 6.45) is 0. The molecule has 22 heavy (non-hydrogen) atoms. The van der Waals surface area contributed by atoms with Gasteiger partial charge in [0.15, 0.2) is 0 Å². The predicted molar refractivity (Wildman–Crippen MR) is 85.9 cm³/mol. The van der Waals surface area contributed by atoms with Crippen molar-refractivity contribution in [2.45, 2.75) is 26.8 Å². The maximum absolute atomic E-state index is 11.2. The van der Waals surface area contributed by atoms with Crippen LogP contribution in [-0.2, 0) is 0 Å². The van der Waals surface area contributed by atoms with Gasteiger partial charge >= 0.3 is 0 Å². The zero-order valence-corrected chi connectivity index (χ0v) is 13.5. The molecule has 1 fully saturated rings. The number of nitro groups is 1. The number of nitrogens with zero attached hydrogens (tertiary/aromatic N) is 2. The van der Waals surface area contributed by atoms with Gasteiger partial charge in [-0.05, 0) is 12.5 Å². The molecule has 1 aliphatic heterocycles. The van der Waals surface area contributed by atoms with Gasteiger partial charge in [0.1, 0.15) is 0 Å². The molecule has 1 atom stereocenters. The second-order valence-corrected chi connectivity index (χ2v) is 6.64. The van der Waals surface area contributed by atoms with Crippen LogP contribution in [0, 0.1) is 22.5 Å². The van der Waals surface area contributed by atoms with Gasteiger partial charge in [-0.1, -0.05) is 26.0 Å². The summed E-state index contributed by atoms with van der Waals surface area (Å²) in [4.78, 5) is 13.2. The lowest BCUT2D eigenvalue weighted by Gasteiger charge is -2.43. The Morgan fingerprint density at radius 1 is 1.41 bits per heavy atom. The van der Waals surface area contributed by atoms with E-state index < -0.39 is 0 Å². The Balaban J connectivity index is 2.44. The maximum atomic E-state index is 11.2. The zero-order valence-electron chi connectivity index (χ0n) is 13.5. The molecule has 0 spiro atoms. The van der Waals surface area contributed by atoms with Crippen LogP contribution in [0.25, 0.3) is 0 Å². The molecular weight excluding hydrogens is 282 g/mol. The van der Waals surface area contributed by atoms with E-state index >= 15 is 0 Å². The molecule has 122 valence electrons. The summed E-state index contributed by atoms with van der Waals surface area (Å²) in [6.45, 7) is 9.32. The minimum absolute atomic E-state index is 0.0310. The first-order chi connectivity index (χ1) is 10.4. The standard InChI is InChI=1S/C16H25N3O3/c1-12-4-5-13(10-14(12)19(21)22)15(16(2,3)11-20)18-8-6-17-7-9-18/h4-5,10,15,17,20H,6-9,11H2,1-3H3/t15-/m0/s1. The predicted octanol–water partition coefficient (Wildman–Crippen LogP) is 1.87. The Morgan fingerprint density at radius 2 is 2.05 bits per heavy atom. The molecule has 0 aliphatic carbocycles. The number of piperazine rings is 1. The van der Waals surface area contributed by atoms with Crippen molar-refractivity contribution >= 4 is 5.69 Å². The fraction of sp³-hybridized carbons (Fsp3) is 0.625. The summed E-state index contributed by atoms with van der Waals surface area (Å²) < 4.78 is 0. The number of nitrogens with one attached hydrogen (secondary N) is 1. The molecule has 6 heteroatoms. The maximum Gasteiger partial charge on any atom is 0.272 e. The van der Waals surface area contributed by atoms with Crippen LogP contribution in [0.15, 0.2) is 18.2 Å². The molecule has 0 radical (unpaired) electrons. The van der Waals surface area contributed by atoms with Gasteiger partial charge in [0.25, 0.3) is 5.69 Å². The molecule has 0 unspecified atom stereocenters. The fourth-order valence-corrected chi connectivity index (χ4v) is 3.18. The lowest BCUT2D eigenvalue weighted by molar-refractivity contribution is -0.385. The van der Waals surface area contributed by atoms with Crippen molar-refractivity contribution in [2.75, 3.05) is 32.8 Å². The van der Waals surface area contributed by atoms with E-state index in [1.165, 1.54) is 0 Å². The molecule has 2 rings (SSSR count). The van der Waals surface area contributed by atoms with Crippen molar-refractivity contribution in [1.29, 1.82) is 0 Å². The zero-order chi connectivity index (χ0) is 16.3. The Morgan fingerprint density at radius 3 is 2.59 bits per heavy atom. The van der Waals surface area contributed by atoms with Crippen LogP contribution < -0.4 is 5.32 Å². The monoisotopic (exact) mass is 307 g/mol. The van der Waals surface area contributed by atoms with Gasteiger partial charge < -0.3 is 10.4 Å². The highest BCUT2D eigenvalue weighted by atomic mass is 16.6. The fourth-order valence-electron chi connectivity index (χ4n) is 3.18. The Kier molecular flexibility index (Phi) is 5.16. The number of aryl methyl sites for hydroxylation is 1. The number of hydrogen-bond donors (Lipinski definition) is 2. The van der Waals surface area contributed by atoms with Gasteiger partial charge in [-0.25, -0.2) is 0 Å². The van der Waals surface area contributed by atoms with Crippen molar-refractivity contribution in [3.63, 3.8) is 0 Å². The van der Waals surface area contributed by atoms with Crippen LogP contribution in [-0.4, -0.2) is 47.7 Å². The highest BCUT2D eigenvalue weighted by Gasteiger charge is 2.36. The number of aliphatic hydroxyl groups excluding tert-OH is 1. The number of hydrogen-bond acceptors (Lipinski definition) is 5. The average Bonchev–Trinajstić information content (AvgIpc) is 2.50. The van der Waals surface area contributed by atoms with Gasteiger partial charge in [-0.2, -0.15) is 0 Å². The quantitative estimate of drug-likeness (QED) is 0.641. The van der Waals surface area contributed by atoms with Crippen molar-refractivity contribution < 1.29 is 10.0 Å². The second kappa shape index (κ2) is 6.73. The number of aliphatic hydroxyl groups is 1. The summed E-state index contributed by atoms with van der Waals surface area (Å²) in [5.74, 6) is 0. The first-order valence-electron chi connectivity index (χ1n) is 7.67. The molecule has 0 aromatic heterocycles. The van der Waals surface area contributed by atoms with Crippen LogP contribution in [0.4, 0.5) is 5.69 Å². The van der Waals surface area contributed by atoms with E-state index in [2.05, 4.69) is 10.2 Å². The molecule has 1 aromatic rings. The molecular formula is C16H25N3O3. The molecule has 1 saturated heterocycles. The van der Waals surface area contributed by atoms with E-state index in [0.29, 0.717) is 5.56 Å². The largest absolute Gasteiger partial charge is 0.396 e. The molecule has 1 heterocycles. The highest BCUT2D eigenvalue weighted by Crippen LogP contribution is 2.39. The van der Waals surface area contributed by atoms with Gasteiger partial charge in [-0.3, -0.25) is 15.0 Å². The van der Waals surface area contributed by atoms with Crippen LogP contribution in [0.3, 0.4) is 0 Å². The van der Waals surface area contributed by atoms with Gasteiger partial charge in [-0.15, -0.1) is 0 Å². The topological polar surface area (TPSA) is 78.6 Å². The third-order valence-electron chi connectivity index (χ3n) is 4.41.